The lowest BCUT2D eigenvalue weighted by Gasteiger charge is -2.06. The van der Waals surface area contributed by atoms with Gasteiger partial charge in [0.05, 0.1) is 11.0 Å². The lowest BCUT2D eigenvalue weighted by Crippen LogP contribution is -2.20. The summed E-state index contributed by atoms with van der Waals surface area (Å²) in [6.45, 7) is 2.03. The average molecular weight is 233 g/mol. The molecule has 0 spiro atoms. The zero-order valence-corrected chi connectivity index (χ0v) is 9.84. The molecule has 0 aliphatic heterocycles. The van der Waals surface area contributed by atoms with E-state index < -0.39 is 12.0 Å². The number of rotatable bonds is 3. The van der Waals surface area contributed by atoms with Gasteiger partial charge in [0.2, 0.25) is 0 Å². The molecule has 0 saturated heterocycles. The highest BCUT2D eigenvalue weighted by Gasteiger charge is 2.15. The van der Waals surface area contributed by atoms with Crippen LogP contribution in [0.5, 0.6) is 0 Å². The van der Waals surface area contributed by atoms with Crippen LogP contribution in [0.25, 0.3) is 11.0 Å². The first-order valence-electron chi connectivity index (χ1n) is 5.48. The third-order valence-electron chi connectivity index (χ3n) is 2.94. The lowest BCUT2D eigenvalue weighted by molar-refractivity contribution is -0.138. The van der Waals surface area contributed by atoms with E-state index in [1.165, 1.54) is 0 Å². The molecule has 0 fully saturated rings. The van der Waals surface area contributed by atoms with Crippen LogP contribution >= 0.6 is 0 Å². The Morgan fingerprint density at radius 3 is 2.88 bits per heavy atom. The fourth-order valence-electron chi connectivity index (χ4n) is 1.92. The van der Waals surface area contributed by atoms with E-state index in [9.17, 15) is 4.79 Å². The number of carbonyl (C=O) groups is 1. The third-order valence-corrected chi connectivity index (χ3v) is 2.94. The first-order valence-corrected chi connectivity index (χ1v) is 5.48. The van der Waals surface area contributed by atoms with E-state index >= 15 is 0 Å². The van der Waals surface area contributed by atoms with Gasteiger partial charge in [0.1, 0.15) is 11.9 Å². The fourth-order valence-corrected chi connectivity index (χ4v) is 1.92. The Morgan fingerprint density at radius 1 is 1.59 bits per heavy atom. The maximum absolute atomic E-state index is 10.8. The molecule has 0 bridgehead atoms. The Morgan fingerprint density at radius 2 is 2.29 bits per heavy atom. The van der Waals surface area contributed by atoms with Gasteiger partial charge in [-0.15, -0.1) is 0 Å². The standard InChI is InChI=1S/C12H15N3O2/c1-3-10-14-8-6-7(11(13)12(16)17)4-5-9(8)15(10)2/h4-6,11H,3,13H2,1-2H3,(H,16,17). The van der Waals surface area contributed by atoms with Crippen molar-refractivity contribution in [3.05, 3.63) is 29.6 Å². The van der Waals surface area contributed by atoms with Gasteiger partial charge in [-0.3, -0.25) is 4.79 Å². The zero-order valence-electron chi connectivity index (χ0n) is 9.84. The molecular formula is C12H15N3O2. The van der Waals surface area contributed by atoms with Gasteiger partial charge in [-0.2, -0.15) is 0 Å². The summed E-state index contributed by atoms with van der Waals surface area (Å²) in [7, 11) is 1.95. The maximum atomic E-state index is 10.8. The van der Waals surface area contributed by atoms with Crippen LogP contribution in [-0.2, 0) is 18.3 Å². The highest BCUT2D eigenvalue weighted by Crippen LogP contribution is 2.20. The summed E-state index contributed by atoms with van der Waals surface area (Å²) in [5.41, 5.74) is 7.93. The van der Waals surface area contributed by atoms with Crippen LogP contribution in [0.15, 0.2) is 18.2 Å². The van der Waals surface area contributed by atoms with Gasteiger partial charge in [-0.1, -0.05) is 13.0 Å². The van der Waals surface area contributed by atoms with E-state index in [2.05, 4.69) is 4.98 Å². The number of carboxylic acids is 1. The van der Waals surface area contributed by atoms with E-state index in [-0.39, 0.29) is 0 Å². The molecule has 1 aromatic heterocycles. The van der Waals surface area contributed by atoms with E-state index in [1.807, 2.05) is 24.6 Å². The number of hydrogen-bond donors (Lipinski definition) is 2. The highest BCUT2D eigenvalue weighted by atomic mass is 16.4. The second kappa shape index (κ2) is 4.18. The number of aliphatic carboxylic acids is 1. The number of aromatic nitrogens is 2. The number of hydrogen-bond acceptors (Lipinski definition) is 3. The van der Waals surface area contributed by atoms with Crippen LogP contribution in [-0.4, -0.2) is 20.6 Å². The van der Waals surface area contributed by atoms with Crippen molar-refractivity contribution in [3.63, 3.8) is 0 Å². The van der Waals surface area contributed by atoms with E-state index in [4.69, 9.17) is 10.8 Å². The molecule has 1 unspecified atom stereocenters. The van der Waals surface area contributed by atoms with Crippen molar-refractivity contribution >= 4 is 17.0 Å². The van der Waals surface area contributed by atoms with Gasteiger partial charge in [0, 0.05) is 13.5 Å². The summed E-state index contributed by atoms with van der Waals surface area (Å²) in [6, 6.07) is 4.35. The Kier molecular flexibility index (Phi) is 2.85. The van der Waals surface area contributed by atoms with E-state index in [0.717, 1.165) is 23.3 Å². The van der Waals surface area contributed by atoms with E-state index in [0.29, 0.717) is 5.56 Å². The van der Waals surface area contributed by atoms with Crippen molar-refractivity contribution in [2.24, 2.45) is 12.8 Å². The number of imidazole rings is 1. The first-order chi connectivity index (χ1) is 8.04. The van der Waals surface area contributed by atoms with E-state index in [1.54, 1.807) is 12.1 Å². The van der Waals surface area contributed by atoms with Gasteiger partial charge >= 0.3 is 5.97 Å². The lowest BCUT2D eigenvalue weighted by atomic mass is 10.1. The maximum Gasteiger partial charge on any atom is 0.325 e. The second-order valence-corrected chi connectivity index (χ2v) is 4.00. The molecule has 2 rings (SSSR count). The molecule has 0 saturated carbocycles. The highest BCUT2D eigenvalue weighted by molar-refractivity contribution is 5.81. The van der Waals surface area contributed by atoms with Gasteiger partial charge < -0.3 is 15.4 Å². The molecule has 0 aliphatic rings. The minimum atomic E-state index is -1.03. The number of aryl methyl sites for hydroxylation is 2. The van der Waals surface area contributed by atoms with Crippen LogP contribution in [0.1, 0.15) is 24.4 Å². The largest absolute Gasteiger partial charge is 0.480 e. The second-order valence-electron chi connectivity index (χ2n) is 4.00. The van der Waals surface area contributed by atoms with Crippen LogP contribution in [0, 0.1) is 0 Å². The van der Waals surface area contributed by atoms with Crippen molar-refractivity contribution in [2.75, 3.05) is 0 Å². The molecule has 5 nitrogen and oxygen atoms in total. The minimum Gasteiger partial charge on any atom is -0.480 e. The summed E-state index contributed by atoms with van der Waals surface area (Å²) in [5.74, 6) is -0.0583. The molecule has 90 valence electrons. The van der Waals surface area contributed by atoms with Crippen molar-refractivity contribution in [1.82, 2.24) is 9.55 Å². The Labute approximate surface area is 98.9 Å². The molecule has 3 N–H and O–H groups in total. The van der Waals surface area contributed by atoms with Crippen LogP contribution in [0.3, 0.4) is 0 Å². The first kappa shape index (κ1) is 11.6. The fraction of sp³-hybridized carbons (Fsp3) is 0.333. The van der Waals surface area contributed by atoms with Crippen molar-refractivity contribution in [3.8, 4) is 0 Å². The number of nitrogens with two attached hydrogens (primary N) is 1. The topological polar surface area (TPSA) is 81.1 Å². The normalized spacial score (nSPS) is 12.9. The predicted octanol–water partition coefficient (Wildman–Crippen LogP) is 1.22. The quantitative estimate of drug-likeness (QED) is 0.835. The smallest absolute Gasteiger partial charge is 0.325 e. The van der Waals surface area contributed by atoms with Gasteiger partial charge in [-0.05, 0) is 17.7 Å². The Bertz CT molecular complexity index is 574. The molecule has 0 amide bonds. The van der Waals surface area contributed by atoms with Gasteiger partial charge in [0.15, 0.2) is 0 Å². The van der Waals surface area contributed by atoms with Crippen molar-refractivity contribution in [1.29, 1.82) is 0 Å². The SMILES string of the molecule is CCc1nc2cc(C(N)C(=O)O)ccc2n1C. The summed E-state index contributed by atoms with van der Waals surface area (Å²) in [5, 5.41) is 8.86. The zero-order chi connectivity index (χ0) is 12.6. The molecule has 2 aromatic rings. The molecule has 1 atom stereocenters. The molecule has 0 aliphatic carbocycles. The van der Waals surface area contributed by atoms with Crippen LogP contribution in [0.4, 0.5) is 0 Å². The summed E-state index contributed by atoms with van der Waals surface area (Å²) < 4.78 is 2.01. The summed E-state index contributed by atoms with van der Waals surface area (Å²) in [4.78, 5) is 15.3. The number of carboxylic acid groups (broad SMARTS) is 1. The third kappa shape index (κ3) is 1.89. The molecule has 5 heteroatoms. The monoisotopic (exact) mass is 233 g/mol. The molecule has 1 heterocycles. The molecule has 1 aromatic carbocycles. The minimum absolute atomic E-state index is 0.575. The summed E-state index contributed by atoms with van der Waals surface area (Å²) >= 11 is 0. The molecular weight excluding hydrogens is 218 g/mol. The average Bonchev–Trinajstić information content (AvgIpc) is 2.64. The van der Waals surface area contributed by atoms with Crippen molar-refractivity contribution < 1.29 is 9.90 Å². The Balaban J connectivity index is 2.55. The predicted molar refractivity (Wildman–Crippen MR) is 64.7 cm³/mol. The van der Waals surface area contributed by atoms with Crippen LogP contribution < -0.4 is 5.73 Å². The number of nitrogens with zero attached hydrogens (tertiary/aromatic N) is 2. The van der Waals surface area contributed by atoms with Gasteiger partial charge in [-0.25, -0.2) is 4.98 Å². The Hall–Kier alpha value is -1.88. The van der Waals surface area contributed by atoms with Crippen LogP contribution in [0.2, 0.25) is 0 Å². The number of fused-ring (bicyclic) bond motifs is 1. The molecule has 0 radical (unpaired) electrons. The number of benzene rings is 1. The molecule has 17 heavy (non-hydrogen) atoms. The van der Waals surface area contributed by atoms with Gasteiger partial charge in [0.25, 0.3) is 0 Å². The van der Waals surface area contributed by atoms with Crippen molar-refractivity contribution in [2.45, 2.75) is 19.4 Å². The summed E-state index contributed by atoms with van der Waals surface area (Å²) in [6.07, 6.45) is 0.839.